The molecule has 4 bridgehead atoms. The SMILES string of the molecule is CC(C)c1cc(C(=O)N2CCCNC(=O)[C@H](Cc3ccccc3)NC(=O)c3ccc(c(Cl)c3)OCCCn3cc(nn3)C2)on1. The fourth-order valence-electron chi connectivity index (χ4n) is 4.86. The van der Waals surface area contributed by atoms with Gasteiger partial charge in [-0.3, -0.25) is 19.1 Å². The first-order valence-electron chi connectivity index (χ1n) is 15.0. The monoisotopic (exact) mass is 633 g/mol. The molecule has 0 fully saturated rings. The van der Waals surface area contributed by atoms with Crippen LogP contribution in [0.2, 0.25) is 5.02 Å². The lowest BCUT2D eigenvalue weighted by molar-refractivity contribution is -0.122. The lowest BCUT2D eigenvalue weighted by Gasteiger charge is -2.22. The number of aromatic nitrogens is 4. The van der Waals surface area contributed by atoms with Crippen molar-refractivity contribution in [3.05, 3.63) is 94.1 Å². The van der Waals surface area contributed by atoms with Crippen LogP contribution in [0.3, 0.4) is 0 Å². The van der Waals surface area contributed by atoms with Crippen molar-refractivity contribution >= 4 is 29.3 Å². The topological polar surface area (TPSA) is 144 Å². The summed E-state index contributed by atoms with van der Waals surface area (Å²) in [6, 6.07) is 15.0. The van der Waals surface area contributed by atoms with E-state index in [1.807, 2.05) is 44.2 Å². The molecule has 45 heavy (non-hydrogen) atoms. The number of halogens is 1. The van der Waals surface area contributed by atoms with E-state index >= 15 is 0 Å². The molecule has 3 amide bonds. The van der Waals surface area contributed by atoms with Gasteiger partial charge < -0.3 is 24.8 Å². The molecule has 2 aromatic heterocycles. The maximum atomic E-state index is 13.5. The third-order valence-corrected chi connectivity index (χ3v) is 7.64. The number of carbonyl (C=O) groups excluding carboxylic acids is 3. The lowest BCUT2D eigenvalue weighted by atomic mass is 10.0. The third kappa shape index (κ3) is 8.48. The maximum absolute atomic E-state index is 13.5. The molecule has 6 rings (SSSR count). The van der Waals surface area contributed by atoms with E-state index in [9.17, 15) is 14.4 Å². The average molecular weight is 634 g/mol. The van der Waals surface area contributed by atoms with E-state index in [1.165, 1.54) is 6.07 Å². The quantitative estimate of drug-likeness (QED) is 0.343. The molecule has 0 unspecified atom stereocenters. The number of carbonyl (C=O) groups is 3. The Morgan fingerprint density at radius 2 is 1.91 bits per heavy atom. The van der Waals surface area contributed by atoms with Crippen molar-refractivity contribution in [2.45, 2.75) is 58.2 Å². The predicted octanol–water partition coefficient (Wildman–Crippen LogP) is 4.02. The Morgan fingerprint density at radius 3 is 2.67 bits per heavy atom. The zero-order valence-electron chi connectivity index (χ0n) is 25.2. The van der Waals surface area contributed by atoms with E-state index in [0.29, 0.717) is 55.2 Å². The Labute approximate surface area is 266 Å². The minimum atomic E-state index is -0.847. The average Bonchev–Trinajstić information content (AvgIpc) is 3.71. The number of ether oxygens (including phenoxy) is 1. The van der Waals surface area contributed by atoms with Gasteiger partial charge in [-0.25, -0.2) is 0 Å². The standard InChI is InChI=1S/C32H36ClN7O5/c1-21(2)26-18-29(45-37-26)32(43)39-13-6-12-34-31(42)27(16-22-8-4-3-5-9-22)35-30(41)23-10-11-28(25(33)17-23)44-15-7-14-40-20-24(19-39)36-38-40/h3-5,8-11,17-18,20-21,27H,6-7,12-16,19H2,1-2H3,(H,34,42)(H,35,41)/t27-/m0/s1. The molecule has 2 aliphatic rings. The summed E-state index contributed by atoms with van der Waals surface area (Å²) in [7, 11) is 0. The Hall–Kier alpha value is -4.71. The number of amides is 3. The Kier molecular flexibility index (Phi) is 10.5. The van der Waals surface area contributed by atoms with Crippen LogP contribution in [-0.4, -0.2) is 68.5 Å². The first kappa shape index (κ1) is 31.7. The fraction of sp³-hybridized carbons (Fsp3) is 0.375. The van der Waals surface area contributed by atoms with Gasteiger partial charge in [0.1, 0.15) is 17.5 Å². The highest BCUT2D eigenvalue weighted by atomic mass is 35.5. The second-order valence-electron chi connectivity index (χ2n) is 11.2. The van der Waals surface area contributed by atoms with Crippen molar-refractivity contribution in [1.82, 2.24) is 35.7 Å². The van der Waals surface area contributed by atoms with Crippen molar-refractivity contribution in [3.63, 3.8) is 0 Å². The van der Waals surface area contributed by atoms with Crippen molar-refractivity contribution in [2.24, 2.45) is 0 Å². The van der Waals surface area contributed by atoms with Gasteiger partial charge >= 0.3 is 0 Å². The molecular formula is C32H36ClN7O5. The Balaban J connectivity index is 1.36. The van der Waals surface area contributed by atoms with Gasteiger partial charge in [0.05, 0.1) is 30.1 Å². The van der Waals surface area contributed by atoms with Crippen molar-refractivity contribution in [2.75, 3.05) is 19.7 Å². The van der Waals surface area contributed by atoms with E-state index in [2.05, 4.69) is 26.1 Å². The van der Waals surface area contributed by atoms with Gasteiger partial charge in [0.2, 0.25) is 11.7 Å². The van der Waals surface area contributed by atoms with Gasteiger partial charge in [-0.2, -0.15) is 0 Å². The van der Waals surface area contributed by atoms with Gasteiger partial charge in [0.15, 0.2) is 0 Å². The first-order chi connectivity index (χ1) is 21.8. The van der Waals surface area contributed by atoms with E-state index in [-0.39, 0.29) is 48.0 Å². The largest absolute Gasteiger partial charge is 0.492 e. The number of nitrogens with zero attached hydrogens (tertiary/aromatic N) is 5. The number of hydrogen-bond donors (Lipinski definition) is 2. The Bertz CT molecular complexity index is 1620. The van der Waals surface area contributed by atoms with Crippen LogP contribution in [0, 0.1) is 0 Å². The zero-order valence-corrected chi connectivity index (χ0v) is 26.0. The molecule has 0 aliphatic carbocycles. The van der Waals surface area contributed by atoms with Gasteiger partial charge in [-0.1, -0.05) is 66.2 Å². The molecule has 0 spiro atoms. The molecule has 2 aromatic carbocycles. The minimum absolute atomic E-state index is 0.103. The number of aryl methyl sites for hydroxylation is 1. The molecule has 0 saturated heterocycles. The number of nitrogens with one attached hydrogen (secondary N) is 2. The van der Waals surface area contributed by atoms with E-state index in [4.69, 9.17) is 20.9 Å². The van der Waals surface area contributed by atoms with Gasteiger partial charge in [-0.05, 0) is 36.1 Å². The molecular weight excluding hydrogens is 598 g/mol. The number of rotatable bonds is 4. The second kappa shape index (κ2) is 14.8. The molecule has 2 aliphatic heterocycles. The summed E-state index contributed by atoms with van der Waals surface area (Å²) < 4.78 is 12.9. The molecule has 2 N–H and O–H groups in total. The van der Waals surface area contributed by atoms with Crippen molar-refractivity contribution in [3.8, 4) is 5.75 Å². The summed E-state index contributed by atoms with van der Waals surface area (Å²) in [4.78, 5) is 41.7. The maximum Gasteiger partial charge on any atom is 0.292 e. The van der Waals surface area contributed by atoms with Crippen LogP contribution in [0.1, 0.15) is 70.5 Å². The second-order valence-corrected chi connectivity index (χ2v) is 11.6. The van der Waals surface area contributed by atoms with Crippen LogP contribution in [0.15, 0.2) is 65.3 Å². The summed E-state index contributed by atoms with van der Waals surface area (Å²) in [6.45, 7) is 5.59. The highest BCUT2D eigenvalue weighted by Gasteiger charge is 2.25. The van der Waals surface area contributed by atoms with E-state index in [0.717, 1.165) is 5.56 Å². The van der Waals surface area contributed by atoms with Crippen molar-refractivity contribution in [1.29, 1.82) is 0 Å². The molecule has 236 valence electrons. The molecule has 4 aromatic rings. The van der Waals surface area contributed by atoms with Gasteiger partial charge in [0.25, 0.3) is 11.8 Å². The number of hydrogen-bond acceptors (Lipinski definition) is 8. The fourth-order valence-corrected chi connectivity index (χ4v) is 5.09. The molecule has 4 heterocycles. The van der Waals surface area contributed by atoms with Crippen LogP contribution in [-0.2, 0) is 24.3 Å². The summed E-state index contributed by atoms with van der Waals surface area (Å²) >= 11 is 6.44. The minimum Gasteiger partial charge on any atom is -0.492 e. The smallest absolute Gasteiger partial charge is 0.292 e. The normalized spacial score (nSPS) is 16.9. The molecule has 0 saturated carbocycles. The first-order valence-corrected chi connectivity index (χ1v) is 15.3. The molecule has 12 nitrogen and oxygen atoms in total. The van der Waals surface area contributed by atoms with Crippen LogP contribution >= 0.6 is 11.6 Å². The van der Waals surface area contributed by atoms with Crippen molar-refractivity contribution < 1.29 is 23.6 Å². The van der Waals surface area contributed by atoms with Crippen LogP contribution < -0.4 is 15.4 Å². The predicted molar refractivity (Wildman–Crippen MR) is 166 cm³/mol. The molecule has 0 radical (unpaired) electrons. The van der Waals surface area contributed by atoms with Crippen LogP contribution in [0.25, 0.3) is 0 Å². The number of fused-ring (bicyclic) bond motifs is 14. The van der Waals surface area contributed by atoms with E-state index in [1.54, 1.807) is 34.0 Å². The zero-order chi connectivity index (χ0) is 31.8. The highest BCUT2D eigenvalue weighted by molar-refractivity contribution is 6.32. The molecule has 13 heteroatoms. The lowest BCUT2D eigenvalue weighted by Crippen LogP contribution is -2.48. The third-order valence-electron chi connectivity index (χ3n) is 7.35. The summed E-state index contributed by atoms with van der Waals surface area (Å²) in [6.07, 6.45) is 3.14. The Morgan fingerprint density at radius 1 is 1.09 bits per heavy atom. The van der Waals surface area contributed by atoms with Gasteiger partial charge in [-0.15, -0.1) is 5.10 Å². The van der Waals surface area contributed by atoms with Crippen LogP contribution in [0.5, 0.6) is 5.75 Å². The van der Waals surface area contributed by atoms with E-state index < -0.39 is 11.9 Å². The van der Waals surface area contributed by atoms with Gasteiger partial charge in [0, 0.05) is 44.1 Å². The van der Waals surface area contributed by atoms with Crippen LogP contribution in [0.4, 0.5) is 0 Å². The molecule has 1 atom stereocenters. The number of benzene rings is 2. The highest BCUT2D eigenvalue weighted by Crippen LogP contribution is 2.26. The summed E-state index contributed by atoms with van der Waals surface area (Å²) in [5.74, 6) is -0.435. The summed E-state index contributed by atoms with van der Waals surface area (Å²) in [5, 5.41) is 18.6. The summed E-state index contributed by atoms with van der Waals surface area (Å²) in [5.41, 5.74) is 2.49.